The Hall–Kier alpha value is -2.54. The fraction of sp³-hybridized carbons (Fsp3) is 0.375. The van der Waals surface area contributed by atoms with Gasteiger partial charge in [0.2, 0.25) is 0 Å². The van der Waals surface area contributed by atoms with Crippen LogP contribution >= 0.6 is 0 Å². The van der Waals surface area contributed by atoms with Crippen molar-refractivity contribution >= 4 is 11.7 Å². The van der Waals surface area contributed by atoms with E-state index in [1.54, 1.807) is 4.68 Å². The van der Waals surface area contributed by atoms with Gasteiger partial charge < -0.3 is 21.1 Å². The van der Waals surface area contributed by atoms with Crippen molar-refractivity contribution in [3.63, 3.8) is 0 Å². The molecular weight excluding hydrogens is 294 g/mol. The number of anilines is 1. The number of benzene rings is 1. The number of carbonyl (C=O) groups is 1. The number of nitrogens with one attached hydrogen (secondary N) is 2. The molecular formula is C16H21N5O2. The van der Waals surface area contributed by atoms with Crippen LogP contribution in [0.5, 0.6) is 5.75 Å². The summed E-state index contributed by atoms with van der Waals surface area (Å²) in [4.78, 5) is 11.3. The SMILES string of the molecule is NC(=O)c1cnn2c1NCC(CNCCOc1ccccc1)C2. The van der Waals surface area contributed by atoms with Crippen LogP contribution in [0.1, 0.15) is 10.4 Å². The Morgan fingerprint density at radius 1 is 1.43 bits per heavy atom. The molecule has 0 bridgehead atoms. The largest absolute Gasteiger partial charge is 0.492 e. The zero-order valence-electron chi connectivity index (χ0n) is 12.9. The third kappa shape index (κ3) is 3.81. The van der Waals surface area contributed by atoms with Crippen LogP contribution in [0.4, 0.5) is 5.82 Å². The number of primary amides is 1. The summed E-state index contributed by atoms with van der Waals surface area (Å²) < 4.78 is 7.44. The molecule has 1 aromatic heterocycles. The summed E-state index contributed by atoms with van der Waals surface area (Å²) in [6, 6.07) is 9.77. The summed E-state index contributed by atoms with van der Waals surface area (Å²) >= 11 is 0. The number of carbonyl (C=O) groups excluding carboxylic acids is 1. The van der Waals surface area contributed by atoms with E-state index in [0.29, 0.717) is 18.1 Å². The number of nitrogens with zero attached hydrogens (tertiary/aromatic N) is 2. The molecule has 0 fully saturated rings. The molecule has 0 saturated carbocycles. The Labute approximate surface area is 134 Å². The van der Waals surface area contributed by atoms with Crippen LogP contribution in [0, 0.1) is 5.92 Å². The minimum Gasteiger partial charge on any atom is -0.492 e. The average Bonchev–Trinajstić information content (AvgIpc) is 2.99. The van der Waals surface area contributed by atoms with Crippen molar-refractivity contribution in [3.8, 4) is 5.75 Å². The number of fused-ring (bicyclic) bond motifs is 1. The van der Waals surface area contributed by atoms with E-state index in [-0.39, 0.29) is 0 Å². The molecule has 1 unspecified atom stereocenters. The second-order valence-electron chi connectivity index (χ2n) is 5.57. The second-order valence-corrected chi connectivity index (χ2v) is 5.57. The molecule has 7 heteroatoms. The number of aromatic nitrogens is 2. The zero-order valence-corrected chi connectivity index (χ0v) is 12.9. The van der Waals surface area contributed by atoms with E-state index in [1.165, 1.54) is 6.20 Å². The highest BCUT2D eigenvalue weighted by atomic mass is 16.5. The maximum Gasteiger partial charge on any atom is 0.254 e. The van der Waals surface area contributed by atoms with Gasteiger partial charge in [-0.2, -0.15) is 5.10 Å². The molecule has 1 amide bonds. The van der Waals surface area contributed by atoms with Crippen LogP contribution < -0.4 is 21.1 Å². The molecule has 4 N–H and O–H groups in total. The van der Waals surface area contributed by atoms with Crippen LogP contribution in [0.15, 0.2) is 36.5 Å². The van der Waals surface area contributed by atoms with Crippen molar-refractivity contribution < 1.29 is 9.53 Å². The van der Waals surface area contributed by atoms with Gasteiger partial charge in [-0.05, 0) is 12.1 Å². The van der Waals surface area contributed by atoms with Crippen LogP contribution in [-0.4, -0.2) is 41.9 Å². The fourth-order valence-corrected chi connectivity index (χ4v) is 2.64. The number of para-hydroxylation sites is 1. The quantitative estimate of drug-likeness (QED) is 0.654. The first kappa shape index (κ1) is 15.4. The maximum atomic E-state index is 11.3. The highest BCUT2D eigenvalue weighted by molar-refractivity contribution is 5.97. The lowest BCUT2D eigenvalue weighted by Gasteiger charge is -2.25. The van der Waals surface area contributed by atoms with Crippen LogP contribution in [0.25, 0.3) is 0 Å². The molecule has 0 aliphatic carbocycles. The summed E-state index contributed by atoms with van der Waals surface area (Å²) in [6.45, 7) is 3.82. The van der Waals surface area contributed by atoms with Gasteiger partial charge in [0.05, 0.1) is 6.20 Å². The maximum absolute atomic E-state index is 11.3. The van der Waals surface area contributed by atoms with Crippen molar-refractivity contribution in [1.82, 2.24) is 15.1 Å². The van der Waals surface area contributed by atoms with Crippen molar-refractivity contribution in [3.05, 3.63) is 42.1 Å². The smallest absolute Gasteiger partial charge is 0.254 e. The second kappa shape index (κ2) is 7.15. The Morgan fingerprint density at radius 2 is 2.26 bits per heavy atom. The van der Waals surface area contributed by atoms with Crippen molar-refractivity contribution in [2.75, 3.05) is 31.6 Å². The molecule has 0 spiro atoms. The van der Waals surface area contributed by atoms with Gasteiger partial charge in [-0.25, -0.2) is 4.68 Å². The van der Waals surface area contributed by atoms with E-state index in [2.05, 4.69) is 15.7 Å². The minimum atomic E-state index is -0.451. The molecule has 1 atom stereocenters. The number of nitrogens with two attached hydrogens (primary N) is 1. The molecule has 7 nitrogen and oxygen atoms in total. The van der Waals surface area contributed by atoms with Gasteiger partial charge in [0.1, 0.15) is 23.7 Å². The topological polar surface area (TPSA) is 94.2 Å². The third-order valence-corrected chi connectivity index (χ3v) is 3.82. The lowest BCUT2D eigenvalue weighted by Crippen LogP contribution is -2.37. The first-order chi connectivity index (χ1) is 11.2. The lowest BCUT2D eigenvalue weighted by atomic mass is 10.1. The Kier molecular flexibility index (Phi) is 4.77. The molecule has 1 aromatic carbocycles. The fourth-order valence-electron chi connectivity index (χ4n) is 2.64. The number of rotatable bonds is 7. The standard InChI is InChI=1S/C16H21N5O2/c17-15(22)14-10-20-21-11-12(9-19-16(14)21)8-18-6-7-23-13-4-2-1-3-5-13/h1-5,10,12,18-19H,6-9,11H2,(H2,17,22). The van der Waals surface area contributed by atoms with E-state index in [9.17, 15) is 4.79 Å². The average molecular weight is 315 g/mol. The summed E-state index contributed by atoms with van der Waals surface area (Å²) in [6.07, 6.45) is 1.52. The number of hydrogen-bond acceptors (Lipinski definition) is 5. The lowest BCUT2D eigenvalue weighted by molar-refractivity contribution is 0.100. The molecule has 1 aliphatic rings. The highest BCUT2D eigenvalue weighted by Gasteiger charge is 2.23. The van der Waals surface area contributed by atoms with Gasteiger partial charge in [-0.1, -0.05) is 18.2 Å². The Balaban J connectivity index is 1.39. The van der Waals surface area contributed by atoms with E-state index >= 15 is 0 Å². The van der Waals surface area contributed by atoms with Gasteiger partial charge in [-0.15, -0.1) is 0 Å². The molecule has 0 radical (unpaired) electrons. The first-order valence-corrected chi connectivity index (χ1v) is 7.72. The third-order valence-electron chi connectivity index (χ3n) is 3.82. The van der Waals surface area contributed by atoms with Crippen molar-refractivity contribution in [2.24, 2.45) is 11.7 Å². The molecule has 122 valence electrons. The van der Waals surface area contributed by atoms with Gasteiger partial charge >= 0.3 is 0 Å². The molecule has 0 saturated heterocycles. The summed E-state index contributed by atoms with van der Waals surface area (Å²) in [5.74, 6) is 1.56. The predicted molar refractivity (Wildman–Crippen MR) is 87.5 cm³/mol. The summed E-state index contributed by atoms with van der Waals surface area (Å²) in [7, 11) is 0. The number of hydrogen-bond donors (Lipinski definition) is 3. The van der Waals surface area contributed by atoms with Gasteiger partial charge in [0, 0.05) is 32.1 Å². The van der Waals surface area contributed by atoms with Gasteiger partial charge in [0.25, 0.3) is 5.91 Å². The highest BCUT2D eigenvalue weighted by Crippen LogP contribution is 2.20. The monoisotopic (exact) mass is 315 g/mol. The Bertz CT molecular complexity index is 656. The molecule has 3 rings (SSSR count). The van der Waals surface area contributed by atoms with Crippen molar-refractivity contribution in [2.45, 2.75) is 6.54 Å². The van der Waals surface area contributed by atoms with Crippen LogP contribution in [-0.2, 0) is 6.54 Å². The van der Waals surface area contributed by atoms with E-state index < -0.39 is 5.91 Å². The molecule has 2 heterocycles. The van der Waals surface area contributed by atoms with Gasteiger partial charge in [-0.3, -0.25) is 4.79 Å². The first-order valence-electron chi connectivity index (χ1n) is 7.72. The minimum absolute atomic E-state index is 0.403. The summed E-state index contributed by atoms with van der Waals surface area (Å²) in [5.41, 5.74) is 5.77. The predicted octanol–water partition coefficient (Wildman–Crippen LogP) is 0.692. The van der Waals surface area contributed by atoms with E-state index in [1.807, 2.05) is 30.3 Å². The number of amides is 1. The van der Waals surface area contributed by atoms with E-state index in [0.717, 1.165) is 37.7 Å². The molecule has 23 heavy (non-hydrogen) atoms. The van der Waals surface area contributed by atoms with E-state index in [4.69, 9.17) is 10.5 Å². The molecule has 1 aliphatic heterocycles. The normalized spacial score (nSPS) is 16.4. The van der Waals surface area contributed by atoms with Gasteiger partial charge in [0.15, 0.2) is 0 Å². The van der Waals surface area contributed by atoms with Crippen LogP contribution in [0.3, 0.4) is 0 Å². The van der Waals surface area contributed by atoms with Crippen molar-refractivity contribution in [1.29, 1.82) is 0 Å². The zero-order chi connectivity index (χ0) is 16.1. The molecule has 2 aromatic rings. The number of ether oxygens (including phenoxy) is 1. The summed E-state index contributed by atoms with van der Waals surface area (Å²) in [5, 5.41) is 10.8. The van der Waals surface area contributed by atoms with Crippen LogP contribution in [0.2, 0.25) is 0 Å². The Morgan fingerprint density at radius 3 is 3.04 bits per heavy atom.